The number of ether oxygens (including phenoxy) is 2. The van der Waals surface area contributed by atoms with Crippen LogP contribution in [0.1, 0.15) is 71.4 Å². The number of nitrogens with two attached hydrogens (primary N) is 1. The number of aliphatic imine (C=N–C) groups is 1. The van der Waals surface area contributed by atoms with Gasteiger partial charge in [-0.1, -0.05) is 18.5 Å². The van der Waals surface area contributed by atoms with Crippen molar-refractivity contribution in [3.05, 3.63) is 28.8 Å². The smallest absolute Gasteiger partial charge is 0.231 e. The van der Waals surface area contributed by atoms with Crippen molar-refractivity contribution in [3.8, 4) is 5.75 Å². The van der Waals surface area contributed by atoms with E-state index in [0.717, 1.165) is 17.7 Å². The quantitative estimate of drug-likeness (QED) is 0.559. The molecule has 0 saturated heterocycles. The van der Waals surface area contributed by atoms with Crippen LogP contribution in [0.2, 0.25) is 5.02 Å². The SMILES string of the molecule is CCC1(C)CC(=O)N(C(CCOC)C2CC2C(=O)NC2CC(C)(C)Oc3ccc(Cl)cc32)C(N)=N1. The van der Waals surface area contributed by atoms with Crippen molar-refractivity contribution in [2.45, 2.75) is 83.0 Å². The van der Waals surface area contributed by atoms with Crippen LogP contribution in [-0.4, -0.2) is 53.6 Å². The molecular formula is C26H37ClN4O4. The summed E-state index contributed by atoms with van der Waals surface area (Å²) in [4.78, 5) is 32.8. The molecule has 5 atom stereocenters. The van der Waals surface area contributed by atoms with Gasteiger partial charge in [-0.2, -0.15) is 0 Å². The molecular weight excluding hydrogens is 468 g/mol. The van der Waals surface area contributed by atoms with Gasteiger partial charge in [0.25, 0.3) is 0 Å². The van der Waals surface area contributed by atoms with E-state index in [4.69, 9.17) is 26.8 Å². The number of hydrogen-bond donors (Lipinski definition) is 2. The van der Waals surface area contributed by atoms with Gasteiger partial charge in [0.1, 0.15) is 11.4 Å². The van der Waals surface area contributed by atoms with Crippen LogP contribution in [0.15, 0.2) is 23.2 Å². The summed E-state index contributed by atoms with van der Waals surface area (Å²) in [5.41, 5.74) is 6.31. The van der Waals surface area contributed by atoms with Crippen LogP contribution < -0.4 is 15.8 Å². The maximum absolute atomic E-state index is 13.4. The van der Waals surface area contributed by atoms with E-state index in [1.54, 1.807) is 18.1 Å². The lowest BCUT2D eigenvalue weighted by Gasteiger charge is -2.39. The Morgan fingerprint density at radius 1 is 1.40 bits per heavy atom. The lowest BCUT2D eigenvalue weighted by Crippen LogP contribution is -2.56. The first-order valence-corrected chi connectivity index (χ1v) is 12.8. The molecule has 8 nitrogen and oxygen atoms in total. The number of carbonyl (C=O) groups excluding carboxylic acids is 2. The summed E-state index contributed by atoms with van der Waals surface area (Å²) in [6, 6.07) is 5.08. The van der Waals surface area contributed by atoms with Crippen molar-refractivity contribution in [1.82, 2.24) is 10.2 Å². The Morgan fingerprint density at radius 2 is 2.14 bits per heavy atom. The summed E-state index contributed by atoms with van der Waals surface area (Å²) in [5.74, 6) is 0.717. The molecule has 3 N–H and O–H groups in total. The molecule has 2 heterocycles. The molecule has 1 fully saturated rings. The minimum Gasteiger partial charge on any atom is -0.487 e. The number of halogens is 1. The minimum atomic E-state index is -0.478. The maximum Gasteiger partial charge on any atom is 0.231 e. The number of rotatable bonds is 8. The molecule has 0 bridgehead atoms. The fourth-order valence-corrected chi connectivity index (χ4v) is 5.60. The first-order chi connectivity index (χ1) is 16.5. The number of nitrogens with zero attached hydrogens (tertiary/aromatic N) is 2. The number of hydrogen-bond acceptors (Lipinski definition) is 6. The minimum absolute atomic E-state index is 0.000477. The second-order valence-electron chi connectivity index (χ2n) is 10.9. The standard InChI is InChI=1S/C26H37ClN4O4/c1-6-26(4)14-22(32)31(24(28)30-26)20(9-10-34-5)16-12-17(16)23(33)29-19-13-25(2,3)35-21-8-7-15(27)11-18(19)21/h7-8,11,16-17,19-20H,6,9-10,12-14H2,1-5H3,(H2,28,30)(H,29,33). The average Bonchev–Trinajstić information content (AvgIpc) is 3.56. The summed E-state index contributed by atoms with van der Waals surface area (Å²) in [6.07, 6.45) is 2.97. The van der Waals surface area contributed by atoms with Gasteiger partial charge in [0.2, 0.25) is 11.8 Å². The van der Waals surface area contributed by atoms with E-state index in [1.807, 2.05) is 39.8 Å². The van der Waals surface area contributed by atoms with Crippen LogP contribution in [0.25, 0.3) is 0 Å². The Morgan fingerprint density at radius 3 is 2.80 bits per heavy atom. The fraction of sp³-hybridized carbons (Fsp3) is 0.654. The van der Waals surface area contributed by atoms with Crippen molar-refractivity contribution >= 4 is 29.4 Å². The van der Waals surface area contributed by atoms with Gasteiger partial charge in [-0.25, -0.2) is 4.99 Å². The first-order valence-electron chi connectivity index (χ1n) is 12.4. The highest BCUT2D eigenvalue weighted by molar-refractivity contribution is 6.30. The predicted molar refractivity (Wildman–Crippen MR) is 135 cm³/mol. The van der Waals surface area contributed by atoms with E-state index < -0.39 is 11.1 Å². The lowest BCUT2D eigenvalue weighted by molar-refractivity contribution is -0.132. The molecule has 5 unspecified atom stereocenters. The van der Waals surface area contributed by atoms with Crippen molar-refractivity contribution in [2.75, 3.05) is 13.7 Å². The molecule has 0 aromatic heterocycles. The first kappa shape index (κ1) is 25.8. The van der Waals surface area contributed by atoms with Crippen LogP contribution in [-0.2, 0) is 14.3 Å². The van der Waals surface area contributed by atoms with Crippen molar-refractivity contribution in [3.63, 3.8) is 0 Å². The highest BCUT2D eigenvalue weighted by Gasteiger charge is 2.52. The van der Waals surface area contributed by atoms with E-state index in [-0.39, 0.29) is 41.7 Å². The molecule has 1 aliphatic carbocycles. The predicted octanol–water partition coefficient (Wildman–Crippen LogP) is 3.82. The normalized spacial score (nSPS) is 30.1. The molecule has 0 spiro atoms. The number of guanidine groups is 1. The number of fused-ring (bicyclic) bond motifs is 1. The Kier molecular flexibility index (Phi) is 7.08. The lowest BCUT2D eigenvalue weighted by atomic mass is 9.89. The Hall–Kier alpha value is -2.32. The van der Waals surface area contributed by atoms with Crippen LogP contribution in [0, 0.1) is 11.8 Å². The third-order valence-corrected chi connectivity index (χ3v) is 7.79. The second-order valence-corrected chi connectivity index (χ2v) is 11.4. The summed E-state index contributed by atoms with van der Waals surface area (Å²) in [5, 5.41) is 3.84. The topological polar surface area (TPSA) is 106 Å². The molecule has 1 aromatic rings. The average molecular weight is 505 g/mol. The summed E-state index contributed by atoms with van der Waals surface area (Å²) in [6.45, 7) is 8.45. The molecule has 1 aromatic carbocycles. The molecule has 35 heavy (non-hydrogen) atoms. The van der Waals surface area contributed by atoms with Crippen LogP contribution >= 0.6 is 11.6 Å². The van der Waals surface area contributed by atoms with Gasteiger partial charge in [0.15, 0.2) is 5.96 Å². The largest absolute Gasteiger partial charge is 0.487 e. The number of carbonyl (C=O) groups is 2. The number of amides is 2. The highest BCUT2D eigenvalue weighted by Crippen LogP contribution is 2.47. The van der Waals surface area contributed by atoms with E-state index in [2.05, 4.69) is 10.3 Å². The monoisotopic (exact) mass is 504 g/mol. The van der Waals surface area contributed by atoms with Gasteiger partial charge in [-0.15, -0.1) is 0 Å². The van der Waals surface area contributed by atoms with Gasteiger partial charge in [-0.05, 0) is 64.2 Å². The van der Waals surface area contributed by atoms with Gasteiger partial charge >= 0.3 is 0 Å². The highest BCUT2D eigenvalue weighted by atomic mass is 35.5. The second kappa shape index (κ2) is 9.62. The molecule has 3 aliphatic rings. The molecule has 192 valence electrons. The van der Waals surface area contributed by atoms with Gasteiger partial charge in [0, 0.05) is 42.7 Å². The van der Waals surface area contributed by atoms with Crippen molar-refractivity contribution in [1.29, 1.82) is 0 Å². The van der Waals surface area contributed by atoms with E-state index in [9.17, 15) is 9.59 Å². The summed E-state index contributed by atoms with van der Waals surface area (Å²) >= 11 is 6.24. The number of benzene rings is 1. The Bertz CT molecular complexity index is 1030. The number of nitrogens with one attached hydrogen (secondary N) is 1. The summed E-state index contributed by atoms with van der Waals surface area (Å²) in [7, 11) is 1.63. The van der Waals surface area contributed by atoms with Crippen molar-refractivity contribution in [2.24, 2.45) is 22.6 Å². The fourth-order valence-electron chi connectivity index (χ4n) is 5.42. The van der Waals surface area contributed by atoms with E-state index in [1.165, 1.54) is 0 Å². The molecule has 0 radical (unpaired) electrons. The van der Waals surface area contributed by atoms with Gasteiger partial charge in [-0.3, -0.25) is 14.5 Å². The zero-order valence-electron chi connectivity index (χ0n) is 21.3. The van der Waals surface area contributed by atoms with Gasteiger partial charge < -0.3 is 20.5 Å². The van der Waals surface area contributed by atoms with E-state index in [0.29, 0.717) is 37.3 Å². The number of methoxy groups -OCH3 is 1. The van der Waals surface area contributed by atoms with E-state index >= 15 is 0 Å². The molecule has 2 amide bonds. The Labute approximate surface area is 212 Å². The van der Waals surface area contributed by atoms with Crippen LogP contribution in [0.5, 0.6) is 5.75 Å². The van der Waals surface area contributed by atoms with Gasteiger partial charge in [0.05, 0.1) is 18.0 Å². The molecule has 4 rings (SSSR count). The maximum atomic E-state index is 13.4. The van der Waals surface area contributed by atoms with Crippen LogP contribution in [0.4, 0.5) is 0 Å². The molecule has 1 saturated carbocycles. The third-order valence-electron chi connectivity index (χ3n) is 7.56. The Balaban J connectivity index is 1.51. The third kappa shape index (κ3) is 5.43. The molecule has 9 heteroatoms. The molecule has 2 aliphatic heterocycles. The zero-order valence-corrected chi connectivity index (χ0v) is 22.0. The zero-order chi connectivity index (χ0) is 25.5. The van der Waals surface area contributed by atoms with Crippen LogP contribution in [0.3, 0.4) is 0 Å². The summed E-state index contributed by atoms with van der Waals surface area (Å²) < 4.78 is 11.4. The van der Waals surface area contributed by atoms with Crippen molar-refractivity contribution < 1.29 is 19.1 Å².